The molecule has 2 heterocycles. The first-order valence-electron chi connectivity index (χ1n) is 10.9. The maximum atomic E-state index is 12.9. The lowest BCUT2D eigenvalue weighted by molar-refractivity contribution is -0.192. The van der Waals surface area contributed by atoms with E-state index < -0.39 is 12.1 Å². The molecule has 2 aliphatic heterocycles. The maximum absolute atomic E-state index is 12.9. The molecular formula is C24H28F3N3O4. The maximum Gasteiger partial charge on any atom is 0.490 e. The third-order valence-electron chi connectivity index (χ3n) is 5.86. The lowest BCUT2D eigenvalue weighted by Crippen LogP contribution is -2.39. The number of alkyl halides is 3. The topological polar surface area (TPSA) is 90.9 Å². The number of methoxy groups -OCH3 is 1. The van der Waals surface area contributed by atoms with Crippen molar-refractivity contribution in [3.63, 3.8) is 0 Å². The van der Waals surface area contributed by atoms with E-state index in [1.165, 1.54) is 16.7 Å². The van der Waals surface area contributed by atoms with E-state index >= 15 is 0 Å². The van der Waals surface area contributed by atoms with Gasteiger partial charge in [0.1, 0.15) is 5.75 Å². The van der Waals surface area contributed by atoms with Crippen LogP contribution in [0.5, 0.6) is 5.75 Å². The largest absolute Gasteiger partial charge is 0.497 e. The number of halogens is 3. The van der Waals surface area contributed by atoms with Crippen molar-refractivity contribution in [1.29, 1.82) is 0 Å². The Morgan fingerprint density at radius 1 is 1.15 bits per heavy atom. The Hall–Kier alpha value is -3.27. The average Bonchev–Trinajstić information content (AvgIpc) is 3.43. The summed E-state index contributed by atoms with van der Waals surface area (Å²) in [4.78, 5) is 23.8. The van der Waals surface area contributed by atoms with Crippen LogP contribution in [0.25, 0.3) is 0 Å². The van der Waals surface area contributed by atoms with Gasteiger partial charge in [-0.2, -0.15) is 13.2 Å². The molecule has 0 bridgehead atoms. The van der Waals surface area contributed by atoms with Crippen LogP contribution in [0.1, 0.15) is 41.6 Å². The van der Waals surface area contributed by atoms with Gasteiger partial charge < -0.3 is 25.4 Å². The van der Waals surface area contributed by atoms with Crippen LogP contribution < -0.4 is 15.4 Å². The molecule has 2 aromatic carbocycles. The van der Waals surface area contributed by atoms with E-state index in [0.717, 1.165) is 37.4 Å². The van der Waals surface area contributed by atoms with Gasteiger partial charge in [-0.1, -0.05) is 37.3 Å². The molecule has 3 N–H and O–H groups in total. The molecule has 2 aromatic rings. The van der Waals surface area contributed by atoms with Crippen LogP contribution in [0.3, 0.4) is 0 Å². The highest BCUT2D eigenvalue weighted by Crippen LogP contribution is 2.35. The summed E-state index contributed by atoms with van der Waals surface area (Å²) in [6, 6.07) is 14.7. The highest BCUT2D eigenvalue weighted by molar-refractivity contribution is 5.75. The van der Waals surface area contributed by atoms with Gasteiger partial charge in [0.25, 0.3) is 0 Å². The highest BCUT2D eigenvalue weighted by atomic mass is 19.4. The summed E-state index contributed by atoms with van der Waals surface area (Å²) in [5.74, 6) is -1.42. The van der Waals surface area contributed by atoms with Crippen molar-refractivity contribution in [2.24, 2.45) is 5.92 Å². The van der Waals surface area contributed by atoms with Gasteiger partial charge in [-0.15, -0.1) is 0 Å². The van der Waals surface area contributed by atoms with Crippen molar-refractivity contribution in [2.45, 2.75) is 45.2 Å². The highest BCUT2D eigenvalue weighted by Gasteiger charge is 2.38. The van der Waals surface area contributed by atoms with Gasteiger partial charge in [-0.25, -0.2) is 9.59 Å². The number of carbonyl (C=O) groups is 2. The number of amides is 2. The van der Waals surface area contributed by atoms with Gasteiger partial charge in [-0.05, 0) is 46.7 Å². The van der Waals surface area contributed by atoms with Crippen molar-refractivity contribution in [2.75, 3.05) is 13.7 Å². The number of carbonyl (C=O) groups excluding carboxylic acids is 1. The lowest BCUT2D eigenvalue weighted by atomic mass is 10.0. The van der Waals surface area contributed by atoms with Crippen LogP contribution in [0.2, 0.25) is 0 Å². The second-order valence-corrected chi connectivity index (χ2v) is 8.45. The van der Waals surface area contributed by atoms with E-state index in [9.17, 15) is 18.0 Å². The first-order chi connectivity index (χ1) is 16.1. The van der Waals surface area contributed by atoms with Gasteiger partial charge in [0.05, 0.1) is 13.2 Å². The molecule has 2 amide bonds. The molecular weight excluding hydrogens is 451 g/mol. The Morgan fingerprint density at radius 3 is 2.41 bits per heavy atom. The molecule has 0 aliphatic carbocycles. The fourth-order valence-corrected chi connectivity index (χ4v) is 4.15. The van der Waals surface area contributed by atoms with Crippen molar-refractivity contribution in [3.05, 3.63) is 64.7 Å². The first kappa shape index (κ1) is 25.4. The van der Waals surface area contributed by atoms with Crippen LogP contribution in [0.4, 0.5) is 18.0 Å². The van der Waals surface area contributed by atoms with Gasteiger partial charge in [-0.3, -0.25) is 0 Å². The fraction of sp³-hybridized carbons (Fsp3) is 0.417. The number of carboxylic acids is 1. The number of hydrogen-bond donors (Lipinski definition) is 3. The molecule has 0 spiro atoms. The first-order valence-corrected chi connectivity index (χ1v) is 10.9. The number of urea groups is 1. The Labute approximate surface area is 195 Å². The third-order valence-corrected chi connectivity index (χ3v) is 5.86. The summed E-state index contributed by atoms with van der Waals surface area (Å²) in [5.41, 5.74) is 5.02. The monoisotopic (exact) mass is 479 g/mol. The summed E-state index contributed by atoms with van der Waals surface area (Å²) in [5, 5.41) is 13.6. The number of benzene rings is 2. The second-order valence-electron chi connectivity index (χ2n) is 8.45. The number of rotatable bonds is 4. The molecule has 2 unspecified atom stereocenters. The zero-order chi connectivity index (χ0) is 24.9. The summed E-state index contributed by atoms with van der Waals surface area (Å²) in [7, 11) is 1.67. The summed E-state index contributed by atoms with van der Waals surface area (Å²) in [6.07, 6.45) is -4.09. The smallest absolute Gasteiger partial charge is 0.490 e. The molecule has 0 aromatic heterocycles. The van der Waals surface area contributed by atoms with E-state index in [1.807, 2.05) is 17.0 Å². The van der Waals surface area contributed by atoms with Crippen LogP contribution in [-0.2, 0) is 24.4 Å². The number of ether oxygens (including phenoxy) is 1. The molecule has 4 rings (SSSR count). The summed E-state index contributed by atoms with van der Waals surface area (Å²) < 4.78 is 37.0. The second kappa shape index (κ2) is 10.8. The summed E-state index contributed by atoms with van der Waals surface area (Å²) >= 11 is 0. The Bertz CT molecular complexity index is 1010. The van der Waals surface area contributed by atoms with Crippen LogP contribution >= 0.6 is 0 Å². The van der Waals surface area contributed by atoms with Crippen LogP contribution in [-0.4, -0.2) is 41.8 Å². The molecule has 0 saturated carbocycles. The zero-order valence-corrected chi connectivity index (χ0v) is 19.0. The van der Waals surface area contributed by atoms with Crippen molar-refractivity contribution >= 4 is 12.0 Å². The van der Waals surface area contributed by atoms with Crippen molar-refractivity contribution in [1.82, 2.24) is 15.5 Å². The minimum atomic E-state index is -5.08. The number of fused-ring (bicyclic) bond motifs is 1. The number of hydrogen-bond acceptors (Lipinski definition) is 4. The third kappa shape index (κ3) is 6.40. The standard InChI is InChI=1S/C22H27N3O2.C2HF3O2/c1-15-9-21(17-5-7-20(27-2)8-6-17)25(14-15)22(26)24-11-16-3-4-18-12-23-13-19(18)10-16;3-2(4,5)1(6)7/h3-8,10,15,21,23H,9,11-14H2,1-2H3,(H,24,26);(H,6,7). The molecule has 2 atom stereocenters. The van der Waals surface area contributed by atoms with E-state index in [2.05, 4.69) is 47.9 Å². The average molecular weight is 479 g/mol. The normalized spacial score (nSPS) is 19.1. The molecule has 34 heavy (non-hydrogen) atoms. The molecule has 2 aliphatic rings. The predicted molar refractivity (Wildman–Crippen MR) is 119 cm³/mol. The van der Waals surface area contributed by atoms with E-state index in [1.54, 1.807) is 7.11 Å². The zero-order valence-electron chi connectivity index (χ0n) is 19.0. The molecule has 0 radical (unpaired) electrons. The molecule has 7 nitrogen and oxygen atoms in total. The minimum absolute atomic E-state index is 0.0128. The van der Waals surface area contributed by atoms with Gasteiger partial charge in [0.15, 0.2) is 0 Å². The SMILES string of the molecule is COc1ccc(C2CC(C)CN2C(=O)NCc2ccc3c(c2)CNC3)cc1.O=C(O)C(F)(F)F. The molecule has 10 heteroatoms. The number of nitrogens with one attached hydrogen (secondary N) is 2. The predicted octanol–water partition coefficient (Wildman–Crippen LogP) is 4.22. The Balaban J connectivity index is 0.000000406. The lowest BCUT2D eigenvalue weighted by Gasteiger charge is -2.25. The Morgan fingerprint density at radius 2 is 1.79 bits per heavy atom. The number of likely N-dealkylation sites (tertiary alicyclic amines) is 1. The molecule has 1 saturated heterocycles. The molecule has 184 valence electrons. The van der Waals surface area contributed by atoms with E-state index in [4.69, 9.17) is 14.6 Å². The number of carboxylic acid groups (broad SMARTS) is 1. The quantitative estimate of drug-likeness (QED) is 0.611. The molecule has 1 fully saturated rings. The van der Waals surface area contributed by atoms with Gasteiger partial charge >= 0.3 is 18.2 Å². The van der Waals surface area contributed by atoms with E-state index in [-0.39, 0.29) is 12.1 Å². The van der Waals surface area contributed by atoms with Crippen LogP contribution in [0.15, 0.2) is 42.5 Å². The van der Waals surface area contributed by atoms with E-state index in [0.29, 0.717) is 12.5 Å². The Kier molecular flexibility index (Phi) is 8.03. The van der Waals surface area contributed by atoms with Crippen molar-refractivity contribution in [3.8, 4) is 5.75 Å². The number of nitrogens with zero attached hydrogens (tertiary/aromatic N) is 1. The number of aliphatic carboxylic acids is 1. The summed E-state index contributed by atoms with van der Waals surface area (Å²) in [6.45, 7) is 5.41. The minimum Gasteiger partial charge on any atom is -0.497 e. The van der Waals surface area contributed by atoms with Crippen molar-refractivity contribution < 1.29 is 32.6 Å². The van der Waals surface area contributed by atoms with Gasteiger partial charge in [0.2, 0.25) is 0 Å². The van der Waals surface area contributed by atoms with Gasteiger partial charge in [0, 0.05) is 26.2 Å². The van der Waals surface area contributed by atoms with Crippen LogP contribution in [0, 0.1) is 5.92 Å². The fourth-order valence-electron chi connectivity index (χ4n) is 4.15.